The van der Waals surface area contributed by atoms with E-state index in [1.165, 1.54) is 26.2 Å². The highest BCUT2D eigenvalue weighted by Crippen LogP contribution is 2.36. The van der Waals surface area contributed by atoms with Crippen molar-refractivity contribution in [3.63, 3.8) is 0 Å². The minimum absolute atomic E-state index is 0.503. The molecule has 124 valence electrons. The first kappa shape index (κ1) is 16.9. The summed E-state index contributed by atoms with van der Waals surface area (Å²) in [6.45, 7) is 9.14. The lowest BCUT2D eigenvalue weighted by Gasteiger charge is -2.29. The molecule has 0 amide bonds. The SMILES string of the molecule is COc1cccc(OC)c1OC[C@H](C)C[NH+]1CC[NH+](C)CC1. The third kappa shape index (κ3) is 4.52. The highest BCUT2D eigenvalue weighted by molar-refractivity contribution is 5.51. The maximum absolute atomic E-state index is 6.01. The number of ether oxygens (including phenoxy) is 3. The zero-order valence-corrected chi connectivity index (χ0v) is 14.3. The Morgan fingerprint density at radius 3 is 2.18 bits per heavy atom. The normalized spacial score (nSPS) is 22.9. The van der Waals surface area contributed by atoms with Gasteiger partial charge in [0.2, 0.25) is 5.75 Å². The molecule has 2 N–H and O–H groups in total. The van der Waals surface area contributed by atoms with Crippen LogP contribution >= 0.6 is 0 Å². The van der Waals surface area contributed by atoms with Crippen molar-refractivity contribution in [2.45, 2.75) is 6.92 Å². The third-order valence-electron chi connectivity index (χ3n) is 4.34. The van der Waals surface area contributed by atoms with Crippen LogP contribution in [0.4, 0.5) is 0 Å². The summed E-state index contributed by atoms with van der Waals surface area (Å²) >= 11 is 0. The summed E-state index contributed by atoms with van der Waals surface area (Å²) in [5, 5.41) is 0. The van der Waals surface area contributed by atoms with Crippen LogP contribution in [0.2, 0.25) is 0 Å². The average Bonchev–Trinajstić information content (AvgIpc) is 2.54. The lowest BCUT2D eigenvalue weighted by molar-refractivity contribution is -1.00. The number of piperazine rings is 1. The predicted octanol–water partition coefficient (Wildman–Crippen LogP) is -0.868. The quantitative estimate of drug-likeness (QED) is 0.688. The van der Waals surface area contributed by atoms with E-state index in [1.807, 2.05) is 18.2 Å². The molecule has 1 heterocycles. The third-order valence-corrected chi connectivity index (χ3v) is 4.34. The number of quaternary nitrogens is 2. The van der Waals surface area contributed by atoms with Gasteiger partial charge in [0.25, 0.3) is 0 Å². The summed E-state index contributed by atoms with van der Waals surface area (Å²) in [6, 6.07) is 5.71. The molecule has 0 bridgehead atoms. The molecule has 1 aliphatic rings. The van der Waals surface area contributed by atoms with Gasteiger partial charge < -0.3 is 24.0 Å². The lowest BCUT2D eigenvalue weighted by atomic mass is 10.1. The standard InChI is InChI=1S/C17H28N2O3/c1-14(12-19-10-8-18(2)9-11-19)13-22-17-15(20-3)6-5-7-16(17)21-4/h5-7,14H,8-13H2,1-4H3/p+2/t14-/m1/s1. The van der Waals surface area contributed by atoms with E-state index < -0.39 is 0 Å². The molecular weight excluding hydrogens is 280 g/mol. The molecule has 1 atom stereocenters. The van der Waals surface area contributed by atoms with Gasteiger partial charge in [-0.05, 0) is 12.1 Å². The summed E-state index contributed by atoms with van der Waals surface area (Å²) in [4.78, 5) is 3.33. The molecule has 0 aromatic heterocycles. The molecule has 0 aliphatic carbocycles. The molecule has 1 aromatic rings. The van der Waals surface area contributed by atoms with Crippen molar-refractivity contribution < 1.29 is 24.0 Å². The van der Waals surface area contributed by atoms with E-state index in [2.05, 4.69) is 14.0 Å². The van der Waals surface area contributed by atoms with Gasteiger partial charge in [0, 0.05) is 5.92 Å². The molecule has 0 spiro atoms. The van der Waals surface area contributed by atoms with Crippen LogP contribution in [0.1, 0.15) is 6.92 Å². The summed E-state index contributed by atoms with van der Waals surface area (Å²) in [5.41, 5.74) is 0. The van der Waals surface area contributed by atoms with E-state index in [9.17, 15) is 0 Å². The molecule has 0 unspecified atom stereocenters. The second kappa shape index (κ2) is 8.25. The van der Waals surface area contributed by atoms with Crippen LogP contribution in [-0.2, 0) is 0 Å². The second-order valence-corrected chi connectivity index (χ2v) is 6.32. The summed E-state index contributed by atoms with van der Waals surface area (Å²) in [5.74, 6) is 2.66. The van der Waals surface area contributed by atoms with E-state index in [1.54, 1.807) is 24.0 Å². The van der Waals surface area contributed by atoms with Crippen LogP contribution in [0.5, 0.6) is 17.2 Å². The summed E-state index contributed by atoms with van der Waals surface area (Å²) < 4.78 is 16.7. The number of nitrogens with one attached hydrogen (secondary N) is 2. The van der Waals surface area contributed by atoms with E-state index in [-0.39, 0.29) is 0 Å². The first-order valence-electron chi connectivity index (χ1n) is 8.12. The number of para-hydroxylation sites is 1. The van der Waals surface area contributed by atoms with Gasteiger partial charge in [0.1, 0.15) is 26.2 Å². The van der Waals surface area contributed by atoms with E-state index in [4.69, 9.17) is 14.2 Å². The van der Waals surface area contributed by atoms with Gasteiger partial charge in [0.15, 0.2) is 11.5 Å². The molecule has 0 radical (unpaired) electrons. The molecule has 1 aromatic carbocycles. The topological polar surface area (TPSA) is 36.6 Å². The fraction of sp³-hybridized carbons (Fsp3) is 0.647. The number of methoxy groups -OCH3 is 2. The number of hydrogen-bond acceptors (Lipinski definition) is 3. The van der Waals surface area contributed by atoms with Crippen LogP contribution < -0.4 is 24.0 Å². The van der Waals surface area contributed by atoms with Crippen molar-refractivity contribution >= 4 is 0 Å². The van der Waals surface area contributed by atoms with Crippen molar-refractivity contribution in [2.24, 2.45) is 5.92 Å². The van der Waals surface area contributed by atoms with Gasteiger partial charge in [0.05, 0.1) is 34.4 Å². The first-order chi connectivity index (χ1) is 10.6. The molecule has 1 saturated heterocycles. The maximum Gasteiger partial charge on any atom is 0.203 e. The van der Waals surface area contributed by atoms with Crippen LogP contribution in [0.3, 0.4) is 0 Å². The van der Waals surface area contributed by atoms with Gasteiger partial charge in [-0.15, -0.1) is 0 Å². The molecule has 5 nitrogen and oxygen atoms in total. The fourth-order valence-electron chi connectivity index (χ4n) is 2.97. The summed E-state index contributed by atoms with van der Waals surface area (Å²) in [7, 11) is 5.58. The lowest BCUT2D eigenvalue weighted by Crippen LogP contribution is -3.27. The Labute approximate surface area is 133 Å². The van der Waals surface area contributed by atoms with E-state index >= 15 is 0 Å². The number of hydrogen-bond donors (Lipinski definition) is 2. The smallest absolute Gasteiger partial charge is 0.203 e. The van der Waals surface area contributed by atoms with Crippen LogP contribution in [0.15, 0.2) is 18.2 Å². The summed E-state index contributed by atoms with van der Waals surface area (Å²) in [6.07, 6.45) is 0. The Hall–Kier alpha value is -1.46. The van der Waals surface area contributed by atoms with Gasteiger partial charge in [-0.3, -0.25) is 0 Å². The molecule has 2 rings (SSSR count). The van der Waals surface area contributed by atoms with Crippen molar-refractivity contribution in [2.75, 3.05) is 60.6 Å². The van der Waals surface area contributed by atoms with Gasteiger partial charge >= 0.3 is 0 Å². The van der Waals surface area contributed by atoms with E-state index in [0.29, 0.717) is 18.3 Å². The van der Waals surface area contributed by atoms with Gasteiger partial charge in [-0.25, -0.2) is 0 Å². The molecule has 5 heteroatoms. The van der Waals surface area contributed by atoms with E-state index in [0.717, 1.165) is 18.0 Å². The zero-order valence-electron chi connectivity index (χ0n) is 14.3. The van der Waals surface area contributed by atoms with Crippen molar-refractivity contribution in [1.82, 2.24) is 0 Å². The Kier molecular flexibility index (Phi) is 6.34. The van der Waals surface area contributed by atoms with Gasteiger partial charge in [-0.2, -0.15) is 0 Å². The zero-order chi connectivity index (χ0) is 15.9. The molecular formula is C17H30N2O3+2. The largest absolute Gasteiger partial charge is 0.493 e. The number of likely N-dealkylation sites (N-methyl/N-ethyl adjacent to an activating group) is 1. The Balaban J connectivity index is 1.87. The number of benzene rings is 1. The van der Waals surface area contributed by atoms with Crippen LogP contribution in [0, 0.1) is 5.92 Å². The first-order valence-corrected chi connectivity index (χ1v) is 8.12. The van der Waals surface area contributed by atoms with Crippen molar-refractivity contribution in [3.05, 3.63) is 18.2 Å². The fourth-order valence-corrected chi connectivity index (χ4v) is 2.97. The van der Waals surface area contributed by atoms with Crippen molar-refractivity contribution in [3.8, 4) is 17.2 Å². The monoisotopic (exact) mass is 310 g/mol. The number of rotatable bonds is 7. The highest BCUT2D eigenvalue weighted by atomic mass is 16.5. The van der Waals surface area contributed by atoms with Crippen LogP contribution in [0.25, 0.3) is 0 Å². The maximum atomic E-state index is 6.01. The Morgan fingerprint density at radius 1 is 1.05 bits per heavy atom. The predicted molar refractivity (Wildman–Crippen MR) is 86.4 cm³/mol. The Morgan fingerprint density at radius 2 is 1.64 bits per heavy atom. The highest BCUT2D eigenvalue weighted by Gasteiger charge is 2.22. The minimum Gasteiger partial charge on any atom is -0.493 e. The molecule has 1 aliphatic heterocycles. The van der Waals surface area contributed by atoms with Gasteiger partial charge in [-0.1, -0.05) is 13.0 Å². The molecule has 0 saturated carbocycles. The second-order valence-electron chi connectivity index (χ2n) is 6.32. The van der Waals surface area contributed by atoms with Crippen molar-refractivity contribution in [1.29, 1.82) is 0 Å². The Bertz CT molecular complexity index is 437. The molecule has 22 heavy (non-hydrogen) atoms. The van der Waals surface area contributed by atoms with Crippen LogP contribution in [-0.4, -0.2) is 60.6 Å². The molecule has 1 fully saturated rings. The average molecular weight is 310 g/mol. The minimum atomic E-state index is 0.503.